The van der Waals surface area contributed by atoms with Gasteiger partial charge in [0.1, 0.15) is 11.4 Å². The van der Waals surface area contributed by atoms with Gasteiger partial charge >= 0.3 is 0 Å². The van der Waals surface area contributed by atoms with Crippen molar-refractivity contribution >= 4 is 28.5 Å². The fourth-order valence-electron chi connectivity index (χ4n) is 3.77. The molecule has 164 valence electrons. The maximum atomic E-state index is 12.8. The number of H-pyrrole nitrogens is 2. The highest BCUT2D eigenvalue weighted by molar-refractivity contribution is 6.30. The number of amides is 1. The highest BCUT2D eigenvalue weighted by atomic mass is 35.5. The molecule has 1 atom stereocenters. The number of aliphatic hydroxyl groups excluding tert-OH is 1. The summed E-state index contributed by atoms with van der Waals surface area (Å²) in [7, 11) is 0. The SMILES string of the molecule is O=C(N[C@H](CO)c1cccc(Cl)c1)c1cc(-c2n[nH]c3ncc(-c4ccccc4)cc23)c[nH]1. The molecule has 0 aliphatic heterocycles. The summed E-state index contributed by atoms with van der Waals surface area (Å²) in [5.74, 6) is -0.344. The molecule has 0 bridgehead atoms. The van der Waals surface area contributed by atoms with E-state index in [0.29, 0.717) is 22.1 Å². The molecule has 0 radical (unpaired) electrons. The van der Waals surface area contributed by atoms with Crippen molar-refractivity contribution in [1.29, 1.82) is 0 Å². The second-order valence-corrected chi connectivity index (χ2v) is 8.06. The number of nitrogens with zero attached hydrogens (tertiary/aromatic N) is 2. The van der Waals surface area contributed by atoms with E-state index in [9.17, 15) is 9.90 Å². The zero-order valence-electron chi connectivity index (χ0n) is 17.4. The Morgan fingerprint density at radius 3 is 2.67 bits per heavy atom. The van der Waals surface area contributed by atoms with Crippen LogP contribution >= 0.6 is 11.6 Å². The van der Waals surface area contributed by atoms with Gasteiger partial charge in [0.25, 0.3) is 5.91 Å². The summed E-state index contributed by atoms with van der Waals surface area (Å²) in [5.41, 5.74) is 5.23. The number of rotatable bonds is 6. The average molecular weight is 458 g/mol. The Hall–Kier alpha value is -3.94. The van der Waals surface area contributed by atoms with Crippen molar-refractivity contribution in [1.82, 2.24) is 25.5 Å². The molecule has 33 heavy (non-hydrogen) atoms. The lowest BCUT2D eigenvalue weighted by Crippen LogP contribution is -2.31. The van der Waals surface area contributed by atoms with Crippen molar-refractivity contribution < 1.29 is 9.90 Å². The van der Waals surface area contributed by atoms with E-state index in [4.69, 9.17) is 11.6 Å². The van der Waals surface area contributed by atoms with Crippen LogP contribution in [-0.2, 0) is 0 Å². The Kier molecular flexibility index (Phi) is 5.64. The maximum Gasteiger partial charge on any atom is 0.268 e. The summed E-state index contributed by atoms with van der Waals surface area (Å²) in [6.45, 7) is -0.252. The minimum atomic E-state index is -0.577. The van der Waals surface area contributed by atoms with Gasteiger partial charge in [0.2, 0.25) is 0 Å². The van der Waals surface area contributed by atoms with Gasteiger partial charge in [0, 0.05) is 33.9 Å². The lowest BCUT2D eigenvalue weighted by atomic mass is 10.1. The lowest BCUT2D eigenvalue weighted by molar-refractivity contribution is 0.0912. The first kappa shape index (κ1) is 20.9. The van der Waals surface area contributed by atoms with Gasteiger partial charge in [-0.2, -0.15) is 5.10 Å². The molecule has 0 unspecified atom stereocenters. The van der Waals surface area contributed by atoms with Gasteiger partial charge in [-0.15, -0.1) is 0 Å². The van der Waals surface area contributed by atoms with Crippen LogP contribution in [0.25, 0.3) is 33.4 Å². The third-order valence-electron chi connectivity index (χ3n) is 5.46. The molecule has 7 nitrogen and oxygen atoms in total. The van der Waals surface area contributed by atoms with Crippen LogP contribution in [0.1, 0.15) is 22.1 Å². The first-order chi connectivity index (χ1) is 16.1. The van der Waals surface area contributed by atoms with E-state index in [1.54, 1.807) is 42.7 Å². The first-order valence-electron chi connectivity index (χ1n) is 10.4. The zero-order chi connectivity index (χ0) is 22.8. The second kappa shape index (κ2) is 8.90. The van der Waals surface area contributed by atoms with Gasteiger partial charge in [-0.3, -0.25) is 9.89 Å². The topological polar surface area (TPSA) is 107 Å². The molecule has 3 heterocycles. The molecule has 1 amide bonds. The van der Waals surface area contributed by atoms with Crippen molar-refractivity contribution in [3.05, 3.63) is 95.4 Å². The summed E-state index contributed by atoms with van der Waals surface area (Å²) in [6.07, 6.45) is 3.54. The standard InChI is InChI=1S/C25H20ClN5O2/c26-19-8-4-7-16(9-19)22(14-32)29-25(33)21-11-18(13-27-21)23-20-10-17(12-28-24(20)31-30-23)15-5-2-1-3-6-15/h1-13,22,27,32H,14H2,(H,29,33)(H,28,30,31)/t22-/m1/s1. The number of aromatic nitrogens is 4. The number of fused-ring (bicyclic) bond motifs is 1. The molecule has 5 rings (SSSR count). The Bertz CT molecular complexity index is 1430. The number of carbonyl (C=O) groups is 1. The smallest absolute Gasteiger partial charge is 0.268 e. The second-order valence-electron chi connectivity index (χ2n) is 7.62. The fourth-order valence-corrected chi connectivity index (χ4v) is 3.97. The summed E-state index contributed by atoms with van der Waals surface area (Å²) >= 11 is 6.04. The van der Waals surface area contributed by atoms with Gasteiger partial charge in [-0.1, -0.05) is 54.1 Å². The van der Waals surface area contributed by atoms with E-state index in [1.807, 2.05) is 36.4 Å². The molecule has 3 aromatic heterocycles. The Morgan fingerprint density at radius 2 is 1.88 bits per heavy atom. The summed E-state index contributed by atoms with van der Waals surface area (Å²) in [6, 6.07) is 20.2. The first-order valence-corrected chi connectivity index (χ1v) is 10.8. The van der Waals surface area contributed by atoms with Crippen LogP contribution in [0.4, 0.5) is 0 Å². The molecule has 8 heteroatoms. The highest BCUT2D eigenvalue weighted by Crippen LogP contribution is 2.29. The number of aliphatic hydroxyl groups is 1. The molecule has 5 aromatic rings. The van der Waals surface area contributed by atoms with Crippen LogP contribution in [0.5, 0.6) is 0 Å². The third-order valence-corrected chi connectivity index (χ3v) is 5.70. The van der Waals surface area contributed by atoms with E-state index in [1.165, 1.54) is 0 Å². The molecule has 0 saturated heterocycles. The quantitative estimate of drug-likeness (QED) is 0.295. The molecule has 0 aliphatic rings. The van der Waals surface area contributed by atoms with Gasteiger partial charge in [0.05, 0.1) is 12.6 Å². The molecule has 0 aliphatic carbocycles. The minimum Gasteiger partial charge on any atom is -0.394 e. The van der Waals surface area contributed by atoms with Crippen molar-refractivity contribution in [3.63, 3.8) is 0 Å². The Morgan fingerprint density at radius 1 is 1.03 bits per heavy atom. The van der Waals surface area contributed by atoms with Crippen LogP contribution in [0.3, 0.4) is 0 Å². The molecule has 0 fully saturated rings. The van der Waals surface area contributed by atoms with Crippen LogP contribution in [-0.4, -0.2) is 37.8 Å². The predicted molar refractivity (Wildman–Crippen MR) is 128 cm³/mol. The summed E-state index contributed by atoms with van der Waals surface area (Å²) in [4.78, 5) is 20.3. The van der Waals surface area contributed by atoms with Gasteiger partial charge in [-0.25, -0.2) is 4.98 Å². The summed E-state index contributed by atoms with van der Waals surface area (Å²) < 4.78 is 0. The summed E-state index contributed by atoms with van der Waals surface area (Å²) in [5, 5.41) is 21.4. The minimum absolute atomic E-state index is 0.252. The number of carbonyl (C=O) groups excluding carboxylic acids is 1. The number of hydrogen-bond donors (Lipinski definition) is 4. The number of hydrogen-bond acceptors (Lipinski definition) is 4. The largest absolute Gasteiger partial charge is 0.394 e. The Balaban J connectivity index is 1.41. The lowest BCUT2D eigenvalue weighted by Gasteiger charge is -2.16. The van der Waals surface area contributed by atoms with Gasteiger partial charge in [-0.05, 0) is 35.4 Å². The predicted octanol–water partition coefficient (Wildman–Crippen LogP) is 4.74. The number of halogens is 1. The number of pyridine rings is 1. The van der Waals surface area contributed by atoms with Gasteiger partial charge < -0.3 is 15.4 Å². The Labute approximate surface area is 194 Å². The third kappa shape index (κ3) is 4.24. The average Bonchev–Trinajstić information content (AvgIpc) is 3.50. The maximum absolute atomic E-state index is 12.8. The van der Waals surface area contributed by atoms with Crippen molar-refractivity contribution in [3.8, 4) is 22.4 Å². The van der Waals surface area contributed by atoms with Gasteiger partial charge in [0.15, 0.2) is 5.65 Å². The van der Waals surface area contributed by atoms with Crippen molar-refractivity contribution in [2.45, 2.75) is 6.04 Å². The number of aromatic amines is 2. The monoisotopic (exact) mass is 457 g/mol. The molecule has 0 spiro atoms. The van der Waals surface area contributed by atoms with E-state index in [-0.39, 0.29) is 12.5 Å². The van der Waals surface area contributed by atoms with Crippen LogP contribution < -0.4 is 5.32 Å². The van der Waals surface area contributed by atoms with Crippen molar-refractivity contribution in [2.24, 2.45) is 0 Å². The number of benzene rings is 2. The zero-order valence-corrected chi connectivity index (χ0v) is 18.2. The molecule has 4 N–H and O–H groups in total. The van der Waals surface area contributed by atoms with Crippen molar-refractivity contribution in [2.75, 3.05) is 6.61 Å². The highest BCUT2D eigenvalue weighted by Gasteiger charge is 2.18. The normalized spacial score (nSPS) is 12.1. The van der Waals surface area contributed by atoms with Crippen LogP contribution in [0.2, 0.25) is 5.02 Å². The van der Waals surface area contributed by atoms with Crippen LogP contribution in [0.15, 0.2) is 79.1 Å². The van der Waals surface area contributed by atoms with E-state index >= 15 is 0 Å². The molecular weight excluding hydrogens is 438 g/mol. The van der Waals surface area contributed by atoms with Crippen LogP contribution in [0, 0.1) is 0 Å². The fraction of sp³-hybridized carbons (Fsp3) is 0.0800. The molecular formula is C25H20ClN5O2. The van der Waals surface area contributed by atoms with E-state index in [0.717, 1.165) is 27.6 Å². The molecule has 2 aromatic carbocycles. The van der Waals surface area contributed by atoms with E-state index < -0.39 is 6.04 Å². The van der Waals surface area contributed by atoms with E-state index in [2.05, 4.69) is 25.5 Å². The molecule has 0 saturated carbocycles. The number of nitrogens with one attached hydrogen (secondary N) is 3.